The van der Waals surface area contributed by atoms with Gasteiger partial charge in [0.2, 0.25) is 0 Å². The van der Waals surface area contributed by atoms with E-state index in [1.165, 1.54) is 5.01 Å². The molecule has 0 fully saturated rings. The minimum atomic E-state index is -0.460. The molecule has 0 unspecified atom stereocenters. The Labute approximate surface area is 125 Å². The number of hydrazone groups is 1. The van der Waals surface area contributed by atoms with Crippen molar-refractivity contribution in [2.75, 3.05) is 19.2 Å². The van der Waals surface area contributed by atoms with Crippen LogP contribution in [0.3, 0.4) is 0 Å². The first kappa shape index (κ1) is 13.8. The Hall–Kier alpha value is -3.16. The highest BCUT2D eigenvalue weighted by molar-refractivity contribution is 5.87. The Morgan fingerprint density at radius 3 is 2.82 bits per heavy atom. The Kier molecular flexibility index (Phi) is 3.57. The smallest absolute Gasteiger partial charge is 0.348 e. The fraction of sp³-hybridized carbons (Fsp3) is 0.143. The van der Waals surface area contributed by atoms with E-state index in [0.717, 1.165) is 11.3 Å². The minimum Gasteiger partial charge on any atom is -0.497 e. The molecule has 0 atom stereocenters. The summed E-state index contributed by atoms with van der Waals surface area (Å²) in [7, 11) is 3.33. The van der Waals surface area contributed by atoms with Gasteiger partial charge in [0.15, 0.2) is 5.82 Å². The van der Waals surface area contributed by atoms with Gasteiger partial charge < -0.3 is 4.74 Å². The fourth-order valence-electron chi connectivity index (χ4n) is 1.99. The minimum absolute atomic E-state index is 0.428. The van der Waals surface area contributed by atoms with Gasteiger partial charge in [-0.2, -0.15) is 15.2 Å². The average Bonchev–Trinajstić information content (AvgIpc) is 3.00. The number of ether oxygens (including phenoxy) is 1. The van der Waals surface area contributed by atoms with Gasteiger partial charge in [-0.1, -0.05) is 0 Å². The van der Waals surface area contributed by atoms with Crippen LogP contribution in [0, 0.1) is 0 Å². The molecule has 8 nitrogen and oxygen atoms in total. The molecule has 0 bridgehead atoms. The summed E-state index contributed by atoms with van der Waals surface area (Å²) < 4.78 is 5.10. The highest BCUT2D eigenvalue weighted by atomic mass is 16.5. The molecule has 22 heavy (non-hydrogen) atoms. The summed E-state index contributed by atoms with van der Waals surface area (Å²) in [5.74, 6) is 1.21. The molecule has 0 spiro atoms. The summed E-state index contributed by atoms with van der Waals surface area (Å²) in [6.07, 6.45) is 3.27. The SMILES string of the molecule is COc1ccc(C=NN(C)c2nc(=O)[nH]c3[nH]ncc23)cc1. The molecule has 3 rings (SSSR count). The second kappa shape index (κ2) is 5.68. The first-order valence-corrected chi connectivity index (χ1v) is 6.52. The number of anilines is 1. The van der Waals surface area contributed by atoms with E-state index in [1.54, 1.807) is 26.6 Å². The monoisotopic (exact) mass is 298 g/mol. The molecule has 0 aliphatic rings. The summed E-state index contributed by atoms with van der Waals surface area (Å²) in [5, 5.41) is 13.1. The van der Waals surface area contributed by atoms with Crippen LogP contribution < -0.4 is 15.4 Å². The lowest BCUT2D eigenvalue weighted by atomic mass is 10.2. The van der Waals surface area contributed by atoms with E-state index in [0.29, 0.717) is 16.9 Å². The van der Waals surface area contributed by atoms with Gasteiger partial charge in [-0.3, -0.25) is 15.1 Å². The molecule has 0 radical (unpaired) electrons. The summed E-state index contributed by atoms with van der Waals surface area (Å²) in [4.78, 5) is 18.1. The second-order valence-electron chi connectivity index (χ2n) is 4.57. The van der Waals surface area contributed by atoms with Crippen LogP contribution in [0.5, 0.6) is 5.75 Å². The molecular weight excluding hydrogens is 284 g/mol. The van der Waals surface area contributed by atoms with E-state index in [9.17, 15) is 4.79 Å². The highest BCUT2D eigenvalue weighted by Gasteiger charge is 2.10. The maximum absolute atomic E-state index is 11.5. The first-order chi connectivity index (χ1) is 10.7. The van der Waals surface area contributed by atoms with Crippen LogP contribution in [-0.4, -0.2) is 40.5 Å². The third kappa shape index (κ3) is 2.66. The molecule has 0 saturated carbocycles. The highest BCUT2D eigenvalue weighted by Crippen LogP contribution is 2.18. The van der Waals surface area contributed by atoms with Gasteiger partial charge >= 0.3 is 5.69 Å². The van der Waals surface area contributed by atoms with E-state index in [4.69, 9.17) is 4.74 Å². The van der Waals surface area contributed by atoms with Crippen molar-refractivity contribution in [2.24, 2.45) is 5.10 Å². The lowest BCUT2D eigenvalue weighted by Gasteiger charge is -2.11. The van der Waals surface area contributed by atoms with Crippen LogP contribution in [0.1, 0.15) is 5.56 Å². The van der Waals surface area contributed by atoms with Crippen molar-refractivity contribution in [3.8, 4) is 5.75 Å². The predicted molar refractivity (Wildman–Crippen MR) is 83.5 cm³/mol. The number of hydrogen-bond acceptors (Lipinski definition) is 6. The van der Waals surface area contributed by atoms with E-state index in [-0.39, 0.29) is 0 Å². The number of fused-ring (bicyclic) bond motifs is 1. The molecular formula is C14H14N6O2. The van der Waals surface area contributed by atoms with Gasteiger partial charge in [0, 0.05) is 7.05 Å². The number of benzene rings is 1. The molecule has 2 N–H and O–H groups in total. The van der Waals surface area contributed by atoms with Crippen LogP contribution in [0.2, 0.25) is 0 Å². The number of nitrogens with zero attached hydrogens (tertiary/aromatic N) is 4. The zero-order valence-corrected chi connectivity index (χ0v) is 12.1. The van der Waals surface area contributed by atoms with Gasteiger partial charge in [0.25, 0.3) is 0 Å². The average molecular weight is 298 g/mol. The van der Waals surface area contributed by atoms with Crippen molar-refractivity contribution in [1.82, 2.24) is 20.2 Å². The van der Waals surface area contributed by atoms with E-state index >= 15 is 0 Å². The Morgan fingerprint density at radius 1 is 1.32 bits per heavy atom. The van der Waals surface area contributed by atoms with Crippen molar-refractivity contribution in [1.29, 1.82) is 0 Å². The Bertz CT molecular complexity index is 865. The maximum Gasteiger partial charge on any atom is 0.348 e. The molecule has 0 amide bonds. The van der Waals surface area contributed by atoms with E-state index < -0.39 is 5.69 Å². The van der Waals surface area contributed by atoms with Gasteiger partial charge in [-0.25, -0.2) is 4.79 Å². The number of aromatic amines is 2. The van der Waals surface area contributed by atoms with E-state index in [1.807, 2.05) is 24.3 Å². The molecule has 2 heterocycles. The van der Waals surface area contributed by atoms with Crippen LogP contribution in [0.25, 0.3) is 11.0 Å². The van der Waals surface area contributed by atoms with Crippen LogP contribution in [-0.2, 0) is 0 Å². The number of H-pyrrole nitrogens is 2. The molecule has 0 aliphatic carbocycles. The van der Waals surface area contributed by atoms with Gasteiger partial charge in [-0.05, 0) is 29.8 Å². The zero-order chi connectivity index (χ0) is 15.5. The zero-order valence-electron chi connectivity index (χ0n) is 12.1. The van der Waals surface area contributed by atoms with E-state index in [2.05, 4.69) is 25.3 Å². The van der Waals surface area contributed by atoms with Crippen molar-refractivity contribution in [2.45, 2.75) is 0 Å². The third-order valence-electron chi connectivity index (χ3n) is 3.12. The molecule has 0 saturated heterocycles. The van der Waals surface area contributed by atoms with Crippen molar-refractivity contribution < 1.29 is 4.74 Å². The number of hydrogen-bond donors (Lipinski definition) is 2. The van der Waals surface area contributed by atoms with Gasteiger partial charge in [0.1, 0.15) is 11.4 Å². The maximum atomic E-state index is 11.5. The largest absolute Gasteiger partial charge is 0.497 e. The molecule has 1 aromatic carbocycles. The number of nitrogens with one attached hydrogen (secondary N) is 2. The third-order valence-corrected chi connectivity index (χ3v) is 3.12. The lowest BCUT2D eigenvalue weighted by Crippen LogP contribution is -2.18. The van der Waals surface area contributed by atoms with Crippen molar-refractivity contribution in [3.05, 3.63) is 46.5 Å². The number of methoxy groups -OCH3 is 1. The fourth-order valence-corrected chi connectivity index (χ4v) is 1.99. The second-order valence-corrected chi connectivity index (χ2v) is 4.57. The van der Waals surface area contributed by atoms with Crippen molar-refractivity contribution >= 4 is 23.1 Å². The molecule has 3 aromatic rings. The predicted octanol–water partition coefficient (Wildman–Crippen LogP) is 1.13. The normalized spacial score (nSPS) is 11.2. The summed E-state index contributed by atoms with van der Waals surface area (Å²) >= 11 is 0. The quantitative estimate of drug-likeness (QED) is 0.555. The van der Waals surface area contributed by atoms with Crippen LogP contribution in [0.15, 0.2) is 40.4 Å². The number of aromatic nitrogens is 4. The summed E-state index contributed by atoms with van der Waals surface area (Å²) in [6.45, 7) is 0. The van der Waals surface area contributed by atoms with Gasteiger partial charge in [-0.15, -0.1) is 0 Å². The Balaban J connectivity index is 1.89. The molecule has 112 valence electrons. The van der Waals surface area contributed by atoms with Crippen LogP contribution in [0.4, 0.5) is 5.82 Å². The molecule has 8 heteroatoms. The summed E-state index contributed by atoms with van der Waals surface area (Å²) in [6, 6.07) is 7.46. The number of rotatable bonds is 4. The standard InChI is InChI=1S/C14H14N6O2/c1-20(16-7-9-3-5-10(22-2)6-4-9)13-11-8-15-19-12(11)17-14(21)18-13/h3-8H,1-2H3,(H2,15,17,18,19,21). The summed E-state index contributed by atoms with van der Waals surface area (Å²) in [5.41, 5.74) is 0.959. The molecule has 0 aliphatic heterocycles. The first-order valence-electron chi connectivity index (χ1n) is 6.52. The topological polar surface area (TPSA) is 99.3 Å². The molecule has 2 aromatic heterocycles. The van der Waals surface area contributed by atoms with Crippen LogP contribution >= 0.6 is 0 Å². The van der Waals surface area contributed by atoms with Crippen molar-refractivity contribution in [3.63, 3.8) is 0 Å². The van der Waals surface area contributed by atoms with Gasteiger partial charge in [0.05, 0.1) is 24.9 Å². The Morgan fingerprint density at radius 2 is 2.09 bits per heavy atom. The lowest BCUT2D eigenvalue weighted by molar-refractivity contribution is 0.415.